The van der Waals surface area contributed by atoms with Gasteiger partial charge in [-0.1, -0.05) is 13.8 Å². The number of carboxylic acid groups (broad SMARTS) is 1. The third-order valence-corrected chi connectivity index (χ3v) is 2.44. The van der Waals surface area contributed by atoms with Crippen LogP contribution in [0.4, 0.5) is 0 Å². The fraction of sp³-hybridized carbons (Fsp3) is 0.500. The summed E-state index contributed by atoms with van der Waals surface area (Å²) in [5, 5.41) is 10.7. The van der Waals surface area contributed by atoms with Crippen LogP contribution in [0.2, 0.25) is 0 Å². The topological polar surface area (TPSA) is 44.0 Å². The molecule has 0 unspecified atom stereocenters. The van der Waals surface area contributed by atoms with E-state index >= 15 is 0 Å². The van der Waals surface area contributed by atoms with Gasteiger partial charge < -0.3 is 9.90 Å². The molecule has 0 radical (unpaired) electrons. The highest BCUT2D eigenvalue weighted by atomic mass is 16.4. The van der Waals surface area contributed by atoms with Gasteiger partial charge in [-0.25, -0.2) is 4.57 Å². The van der Waals surface area contributed by atoms with Crippen molar-refractivity contribution < 1.29 is 14.5 Å². The molecule has 0 saturated heterocycles. The molecule has 0 aliphatic rings. The van der Waals surface area contributed by atoms with Crippen LogP contribution in [0.5, 0.6) is 0 Å². The van der Waals surface area contributed by atoms with Gasteiger partial charge in [-0.3, -0.25) is 0 Å². The molecule has 0 bridgehead atoms. The lowest BCUT2D eigenvalue weighted by atomic mass is 10.1. The number of carbonyl (C=O) groups is 1. The number of aryl methyl sites for hydroxylation is 2. The summed E-state index contributed by atoms with van der Waals surface area (Å²) in [6.07, 6.45) is 3.79. The zero-order valence-electron chi connectivity index (χ0n) is 9.32. The molecule has 0 aliphatic heterocycles. The SMILES string of the molecule is CCC[n+]1cccc(CC)c1CC(=O)[O-]. The molecular formula is C12H17NO2. The monoisotopic (exact) mass is 207 g/mol. The third kappa shape index (κ3) is 3.05. The van der Waals surface area contributed by atoms with E-state index in [2.05, 4.69) is 6.92 Å². The van der Waals surface area contributed by atoms with Crippen molar-refractivity contribution in [3.8, 4) is 0 Å². The third-order valence-electron chi connectivity index (χ3n) is 2.44. The van der Waals surface area contributed by atoms with E-state index in [1.54, 1.807) is 0 Å². The average molecular weight is 207 g/mol. The van der Waals surface area contributed by atoms with Crippen molar-refractivity contribution >= 4 is 5.97 Å². The van der Waals surface area contributed by atoms with Crippen molar-refractivity contribution in [2.45, 2.75) is 39.7 Å². The number of pyridine rings is 1. The van der Waals surface area contributed by atoms with Gasteiger partial charge in [0.25, 0.3) is 0 Å². The van der Waals surface area contributed by atoms with Crippen LogP contribution in [0.1, 0.15) is 31.5 Å². The second-order valence-electron chi connectivity index (χ2n) is 3.58. The van der Waals surface area contributed by atoms with Crippen LogP contribution in [-0.4, -0.2) is 5.97 Å². The minimum Gasteiger partial charge on any atom is -0.550 e. The molecule has 3 nitrogen and oxygen atoms in total. The van der Waals surface area contributed by atoms with E-state index in [4.69, 9.17) is 0 Å². The molecule has 0 aliphatic carbocycles. The zero-order chi connectivity index (χ0) is 11.3. The second kappa shape index (κ2) is 5.49. The van der Waals surface area contributed by atoms with E-state index < -0.39 is 5.97 Å². The van der Waals surface area contributed by atoms with Crippen LogP contribution in [0, 0.1) is 0 Å². The number of carbonyl (C=O) groups excluding carboxylic acids is 1. The van der Waals surface area contributed by atoms with E-state index in [-0.39, 0.29) is 6.42 Å². The Morgan fingerprint density at radius 3 is 2.73 bits per heavy atom. The smallest absolute Gasteiger partial charge is 0.190 e. The van der Waals surface area contributed by atoms with Crippen molar-refractivity contribution in [3.05, 3.63) is 29.6 Å². The summed E-state index contributed by atoms with van der Waals surface area (Å²) < 4.78 is 2.01. The van der Waals surface area contributed by atoms with Gasteiger partial charge in [0.05, 0.1) is 12.4 Å². The summed E-state index contributed by atoms with van der Waals surface area (Å²) in [6, 6.07) is 3.94. The summed E-state index contributed by atoms with van der Waals surface area (Å²) in [5.41, 5.74) is 1.97. The van der Waals surface area contributed by atoms with Crippen molar-refractivity contribution in [2.75, 3.05) is 0 Å². The molecule has 0 aromatic carbocycles. The Balaban J connectivity index is 3.08. The number of carboxylic acids is 1. The lowest BCUT2D eigenvalue weighted by molar-refractivity contribution is -0.704. The number of hydrogen-bond acceptors (Lipinski definition) is 2. The number of rotatable bonds is 5. The Kier molecular flexibility index (Phi) is 4.28. The van der Waals surface area contributed by atoms with Gasteiger partial charge in [0.15, 0.2) is 11.9 Å². The molecule has 0 amide bonds. The Labute approximate surface area is 90.4 Å². The Morgan fingerprint density at radius 2 is 2.20 bits per heavy atom. The lowest BCUT2D eigenvalue weighted by Crippen LogP contribution is -2.42. The average Bonchev–Trinajstić information content (AvgIpc) is 2.20. The highest BCUT2D eigenvalue weighted by Gasteiger charge is 2.13. The van der Waals surface area contributed by atoms with Crippen LogP contribution >= 0.6 is 0 Å². The van der Waals surface area contributed by atoms with E-state index in [1.807, 2.05) is 29.8 Å². The van der Waals surface area contributed by atoms with E-state index in [1.165, 1.54) is 0 Å². The maximum Gasteiger partial charge on any atom is 0.190 e. The highest BCUT2D eigenvalue weighted by Crippen LogP contribution is 2.05. The number of aromatic nitrogens is 1. The van der Waals surface area contributed by atoms with Crippen LogP contribution in [0.25, 0.3) is 0 Å². The minimum atomic E-state index is -1.01. The van der Waals surface area contributed by atoms with E-state index in [0.717, 1.165) is 30.6 Å². The van der Waals surface area contributed by atoms with Crippen molar-refractivity contribution in [1.29, 1.82) is 0 Å². The van der Waals surface area contributed by atoms with Gasteiger partial charge >= 0.3 is 0 Å². The van der Waals surface area contributed by atoms with Crippen LogP contribution in [0.15, 0.2) is 18.3 Å². The maximum atomic E-state index is 10.7. The van der Waals surface area contributed by atoms with Gasteiger partial charge in [0, 0.05) is 18.1 Å². The summed E-state index contributed by atoms with van der Waals surface area (Å²) >= 11 is 0. The van der Waals surface area contributed by atoms with Gasteiger partial charge in [-0.2, -0.15) is 0 Å². The molecule has 1 rings (SSSR count). The Morgan fingerprint density at radius 1 is 1.47 bits per heavy atom. The molecule has 82 valence electrons. The summed E-state index contributed by atoms with van der Waals surface area (Å²) in [7, 11) is 0. The molecule has 1 aromatic heterocycles. The number of aliphatic carboxylic acids is 1. The van der Waals surface area contributed by atoms with Crippen LogP contribution in [-0.2, 0) is 24.2 Å². The molecule has 1 heterocycles. The molecular weight excluding hydrogens is 190 g/mol. The summed E-state index contributed by atoms with van der Waals surface area (Å²) in [4.78, 5) is 10.7. The molecule has 0 saturated carbocycles. The second-order valence-corrected chi connectivity index (χ2v) is 3.58. The first-order chi connectivity index (χ1) is 7.19. The van der Waals surface area contributed by atoms with Gasteiger partial charge in [0.1, 0.15) is 6.54 Å². The Bertz CT molecular complexity index is 347. The largest absolute Gasteiger partial charge is 0.550 e. The predicted molar refractivity (Wildman–Crippen MR) is 55.0 cm³/mol. The highest BCUT2D eigenvalue weighted by molar-refractivity contribution is 5.67. The van der Waals surface area contributed by atoms with Crippen molar-refractivity contribution in [1.82, 2.24) is 0 Å². The zero-order valence-corrected chi connectivity index (χ0v) is 9.32. The molecule has 3 heteroatoms. The van der Waals surface area contributed by atoms with Gasteiger partial charge in [-0.15, -0.1) is 0 Å². The van der Waals surface area contributed by atoms with Gasteiger partial charge in [0.2, 0.25) is 0 Å². The minimum absolute atomic E-state index is 0.00398. The van der Waals surface area contributed by atoms with E-state index in [9.17, 15) is 9.90 Å². The fourth-order valence-electron chi connectivity index (χ4n) is 1.76. The van der Waals surface area contributed by atoms with Crippen LogP contribution in [0.3, 0.4) is 0 Å². The quantitative estimate of drug-likeness (QED) is 0.649. The number of hydrogen-bond donors (Lipinski definition) is 0. The number of nitrogens with zero attached hydrogens (tertiary/aromatic N) is 1. The fourth-order valence-corrected chi connectivity index (χ4v) is 1.76. The molecule has 15 heavy (non-hydrogen) atoms. The van der Waals surface area contributed by atoms with Gasteiger partial charge in [-0.05, 0) is 12.5 Å². The molecule has 0 N–H and O–H groups in total. The predicted octanol–water partition coefficient (Wildman–Crippen LogP) is 0.239. The summed E-state index contributed by atoms with van der Waals surface area (Å²) in [6.45, 7) is 4.97. The molecule has 0 spiro atoms. The maximum absolute atomic E-state index is 10.7. The Hall–Kier alpha value is -1.38. The van der Waals surface area contributed by atoms with E-state index in [0.29, 0.717) is 0 Å². The molecule has 1 aromatic rings. The summed E-state index contributed by atoms with van der Waals surface area (Å²) in [5.74, 6) is -1.01. The first kappa shape index (κ1) is 11.7. The normalized spacial score (nSPS) is 10.3. The standard InChI is InChI=1S/C12H17NO2/c1-3-7-13-8-5-6-10(4-2)11(13)9-12(14)15/h5-6,8H,3-4,7,9H2,1-2H3. The lowest BCUT2D eigenvalue weighted by Gasteiger charge is -2.08. The first-order valence-corrected chi connectivity index (χ1v) is 5.39. The van der Waals surface area contributed by atoms with Crippen LogP contribution < -0.4 is 9.67 Å². The van der Waals surface area contributed by atoms with Crippen molar-refractivity contribution in [2.24, 2.45) is 0 Å². The molecule has 0 atom stereocenters. The van der Waals surface area contributed by atoms with Crippen molar-refractivity contribution in [3.63, 3.8) is 0 Å². The first-order valence-electron chi connectivity index (χ1n) is 5.39. The molecule has 0 fully saturated rings.